The van der Waals surface area contributed by atoms with Gasteiger partial charge in [-0.2, -0.15) is 0 Å². The Hall–Kier alpha value is -2.80. The number of aryl methyl sites for hydroxylation is 1. The highest BCUT2D eigenvalue weighted by atomic mass is 16.5. The maximum atomic E-state index is 13.0. The highest BCUT2D eigenvalue weighted by molar-refractivity contribution is 5.95. The molecule has 3 aromatic rings. The molecule has 3 heterocycles. The van der Waals surface area contributed by atoms with Gasteiger partial charge in [0, 0.05) is 18.9 Å². The molecular weight excluding hydrogens is 308 g/mol. The Balaban J connectivity index is 1.67. The molecule has 1 fully saturated rings. The zero-order valence-electron chi connectivity index (χ0n) is 13.2. The summed E-state index contributed by atoms with van der Waals surface area (Å²) in [5.41, 5.74) is 1.19. The summed E-state index contributed by atoms with van der Waals surface area (Å²) in [5.74, 6) is 0.693. The largest absolute Gasteiger partial charge is 0.423 e. The third-order valence-electron chi connectivity index (χ3n) is 4.03. The summed E-state index contributed by atoms with van der Waals surface area (Å²) in [7, 11) is 0. The van der Waals surface area contributed by atoms with Crippen molar-refractivity contribution in [2.45, 2.75) is 13.0 Å². The fraction of sp³-hybridized carbons (Fsp3) is 0.294. The molecule has 0 spiro atoms. The Kier molecular flexibility index (Phi) is 3.70. The lowest BCUT2D eigenvalue weighted by molar-refractivity contribution is -0.0109. The van der Waals surface area contributed by atoms with Crippen LogP contribution in [-0.4, -0.2) is 45.7 Å². The summed E-state index contributed by atoms with van der Waals surface area (Å²) < 4.78 is 11.0. The molecule has 2 aromatic heterocycles. The minimum atomic E-state index is -0.388. The summed E-state index contributed by atoms with van der Waals surface area (Å²) in [6.07, 6.45) is 0. The van der Waals surface area contributed by atoms with Gasteiger partial charge in [0.1, 0.15) is 11.7 Å². The second-order valence-electron chi connectivity index (χ2n) is 5.64. The lowest BCUT2D eigenvalue weighted by Gasteiger charge is -2.33. The maximum absolute atomic E-state index is 13.0. The third-order valence-corrected chi connectivity index (χ3v) is 4.03. The zero-order chi connectivity index (χ0) is 16.5. The van der Waals surface area contributed by atoms with E-state index in [-0.39, 0.29) is 11.9 Å². The van der Waals surface area contributed by atoms with Crippen molar-refractivity contribution < 1.29 is 13.9 Å². The molecule has 1 aliphatic heterocycles. The van der Waals surface area contributed by atoms with Crippen LogP contribution in [0.4, 0.5) is 0 Å². The van der Waals surface area contributed by atoms with Crippen LogP contribution in [0.25, 0.3) is 10.9 Å². The number of hydrogen-bond acceptors (Lipinski definition) is 6. The molecule has 1 saturated heterocycles. The van der Waals surface area contributed by atoms with Gasteiger partial charge in [-0.15, -0.1) is 10.2 Å². The van der Waals surface area contributed by atoms with Crippen molar-refractivity contribution in [2.75, 3.05) is 19.8 Å². The van der Waals surface area contributed by atoms with E-state index in [4.69, 9.17) is 9.15 Å². The van der Waals surface area contributed by atoms with Crippen molar-refractivity contribution >= 4 is 16.8 Å². The van der Waals surface area contributed by atoms with Crippen molar-refractivity contribution in [3.05, 3.63) is 53.9 Å². The highest BCUT2D eigenvalue weighted by Gasteiger charge is 2.33. The van der Waals surface area contributed by atoms with E-state index in [1.54, 1.807) is 17.9 Å². The standard InChI is InChI=1S/C17H16N4O3/c1-11-19-20-16(24-11)15-10-23-9-8-21(15)17(22)14-7-6-12-4-2-3-5-13(12)18-14/h2-7,15H,8-10H2,1H3. The van der Waals surface area contributed by atoms with E-state index < -0.39 is 0 Å². The van der Waals surface area contributed by atoms with Gasteiger partial charge < -0.3 is 14.1 Å². The molecule has 7 nitrogen and oxygen atoms in total. The Morgan fingerprint density at radius 2 is 2.08 bits per heavy atom. The molecule has 122 valence electrons. The van der Waals surface area contributed by atoms with Crippen LogP contribution in [-0.2, 0) is 4.74 Å². The van der Waals surface area contributed by atoms with Crippen LogP contribution in [0.1, 0.15) is 28.3 Å². The Bertz CT molecular complexity index is 892. The summed E-state index contributed by atoms with van der Waals surface area (Å²) >= 11 is 0. The first-order chi connectivity index (χ1) is 11.7. The van der Waals surface area contributed by atoms with Crippen LogP contribution < -0.4 is 0 Å². The van der Waals surface area contributed by atoms with Gasteiger partial charge in [-0.3, -0.25) is 4.79 Å². The van der Waals surface area contributed by atoms with Gasteiger partial charge in [-0.1, -0.05) is 24.3 Å². The number of fused-ring (bicyclic) bond motifs is 1. The first-order valence-corrected chi connectivity index (χ1v) is 7.77. The van der Waals surface area contributed by atoms with E-state index in [2.05, 4.69) is 15.2 Å². The van der Waals surface area contributed by atoms with Crippen LogP contribution >= 0.6 is 0 Å². The molecule has 7 heteroatoms. The average Bonchev–Trinajstić information content (AvgIpc) is 3.07. The molecule has 0 bridgehead atoms. The topological polar surface area (TPSA) is 81.4 Å². The number of benzene rings is 1. The summed E-state index contributed by atoms with van der Waals surface area (Å²) in [4.78, 5) is 19.1. The Morgan fingerprint density at radius 1 is 1.21 bits per heavy atom. The van der Waals surface area contributed by atoms with Gasteiger partial charge in [0.15, 0.2) is 0 Å². The van der Waals surface area contributed by atoms with Crippen molar-refractivity contribution in [1.29, 1.82) is 0 Å². The molecule has 0 saturated carbocycles. The van der Waals surface area contributed by atoms with E-state index in [0.29, 0.717) is 37.2 Å². The summed E-state index contributed by atoms with van der Waals surface area (Å²) in [5, 5.41) is 8.88. The van der Waals surface area contributed by atoms with Crippen LogP contribution in [0, 0.1) is 6.92 Å². The smallest absolute Gasteiger partial charge is 0.273 e. The molecule has 24 heavy (non-hydrogen) atoms. The molecule has 1 unspecified atom stereocenters. The second-order valence-corrected chi connectivity index (χ2v) is 5.64. The van der Waals surface area contributed by atoms with Gasteiger partial charge >= 0.3 is 0 Å². The first-order valence-electron chi connectivity index (χ1n) is 7.77. The van der Waals surface area contributed by atoms with Crippen LogP contribution in [0.15, 0.2) is 40.8 Å². The van der Waals surface area contributed by atoms with Crippen molar-refractivity contribution in [2.24, 2.45) is 0 Å². The fourth-order valence-electron chi connectivity index (χ4n) is 2.83. The van der Waals surface area contributed by atoms with Gasteiger partial charge in [0.25, 0.3) is 5.91 Å². The van der Waals surface area contributed by atoms with E-state index in [0.717, 1.165) is 10.9 Å². The van der Waals surface area contributed by atoms with Gasteiger partial charge in [-0.25, -0.2) is 4.98 Å². The van der Waals surface area contributed by atoms with E-state index in [1.165, 1.54) is 0 Å². The molecular formula is C17H16N4O3. The summed E-state index contributed by atoms with van der Waals surface area (Å²) in [6, 6.07) is 11.0. The van der Waals surface area contributed by atoms with Crippen molar-refractivity contribution in [3.8, 4) is 0 Å². The van der Waals surface area contributed by atoms with Gasteiger partial charge in [0.2, 0.25) is 11.8 Å². The fourth-order valence-corrected chi connectivity index (χ4v) is 2.83. The van der Waals surface area contributed by atoms with Crippen molar-refractivity contribution in [3.63, 3.8) is 0 Å². The molecule has 0 N–H and O–H groups in total. The number of nitrogens with zero attached hydrogens (tertiary/aromatic N) is 4. The Labute approximate surface area is 138 Å². The van der Waals surface area contributed by atoms with E-state index in [1.807, 2.05) is 30.3 Å². The number of aromatic nitrogens is 3. The molecule has 0 aliphatic carbocycles. The molecule has 1 aromatic carbocycles. The maximum Gasteiger partial charge on any atom is 0.273 e. The quantitative estimate of drug-likeness (QED) is 0.718. The van der Waals surface area contributed by atoms with Gasteiger partial charge in [-0.05, 0) is 12.1 Å². The van der Waals surface area contributed by atoms with Crippen LogP contribution in [0.5, 0.6) is 0 Å². The number of carbonyl (C=O) groups is 1. The average molecular weight is 324 g/mol. The second kappa shape index (κ2) is 6.01. The summed E-state index contributed by atoms with van der Waals surface area (Å²) in [6.45, 7) is 2.99. The normalized spacial score (nSPS) is 18.0. The van der Waals surface area contributed by atoms with Crippen LogP contribution in [0.2, 0.25) is 0 Å². The molecule has 1 aliphatic rings. The minimum absolute atomic E-state index is 0.162. The zero-order valence-corrected chi connectivity index (χ0v) is 13.2. The lowest BCUT2D eigenvalue weighted by atomic mass is 10.1. The number of hydrogen-bond donors (Lipinski definition) is 0. The van der Waals surface area contributed by atoms with Crippen LogP contribution in [0.3, 0.4) is 0 Å². The van der Waals surface area contributed by atoms with Gasteiger partial charge in [0.05, 0.1) is 18.7 Å². The number of ether oxygens (including phenoxy) is 1. The number of carbonyl (C=O) groups excluding carboxylic acids is 1. The number of para-hydroxylation sites is 1. The van der Waals surface area contributed by atoms with E-state index in [9.17, 15) is 4.79 Å². The number of amides is 1. The molecule has 4 rings (SSSR count). The predicted molar refractivity (Wildman–Crippen MR) is 85.4 cm³/mol. The highest BCUT2D eigenvalue weighted by Crippen LogP contribution is 2.25. The monoisotopic (exact) mass is 324 g/mol. The number of morpholine rings is 1. The van der Waals surface area contributed by atoms with Crippen molar-refractivity contribution in [1.82, 2.24) is 20.1 Å². The number of pyridine rings is 1. The minimum Gasteiger partial charge on any atom is -0.423 e. The lowest BCUT2D eigenvalue weighted by Crippen LogP contribution is -2.43. The number of rotatable bonds is 2. The molecule has 1 atom stereocenters. The third kappa shape index (κ3) is 2.63. The SMILES string of the molecule is Cc1nnc(C2COCCN2C(=O)c2ccc3ccccc3n2)o1. The van der Waals surface area contributed by atoms with E-state index >= 15 is 0 Å². The molecule has 1 amide bonds. The predicted octanol–water partition coefficient (Wildman–Crippen LogP) is 2.14. The first kappa shape index (κ1) is 14.8. The Morgan fingerprint density at radius 3 is 2.92 bits per heavy atom. The molecule has 0 radical (unpaired) electrons.